The van der Waals surface area contributed by atoms with E-state index in [0.29, 0.717) is 0 Å². The third-order valence-electron chi connectivity index (χ3n) is 1.81. The second-order valence-electron chi connectivity index (χ2n) is 2.88. The fourth-order valence-corrected chi connectivity index (χ4v) is 0.799. The van der Waals surface area contributed by atoms with E-state index in [2.05, 4.69) is 11.9 Å². The van der Waals surface area contributed by atoms with Crippen LogP contribution >= 0.6 is 0 Å². The van der Waals surface area contributed by atoms with Gasteiger partial charge in [0.1, 0.15) is 0 Å². The van der Waals surface area contributed by atoms with Crippen molar-refractivity contribution in [3.63, 3.8) is 0 Å². The Morgan fingerprint density at radius 1 is 0.846 bits per heavy atom. The molecule has 0 aromatic rings. The molecule has 2 rings (SSSR count). The lowest BCUT2D eigenvalue weighted by atomic mass is 10.4. The van der Waals surface area contributed by atoms with Crippen molar-refractivity contribution in [1.29, 1.82) is 0 Å². The van der Waals surface area contributed by atoms with E-state index in [9.17, 15) is 0 Å². The van der Waals surface area contributed by atoms with Gasteiger partial charge in [-0.05, 0) is 13.5 Å². The van der Waals surface area contributed by atoms with E-state index in [0.717, 1.165) is 39.5 Å². The van der Waals surface area contributed by atoms with Crippen LogP contribution < -0.4 is 0 Å². The fraction of sp³-hybridized carbons (Fsp3) is 1.00. The highest BCUT2D eigenvalue weighted by molar-refractivity contribution is 4.53. The maximum Gasteiger partial charge on any atom is 0.0594 e. The number of hydrogen-bond donors (Lipinski definition) is 0. The van der Waals surface area contributed by atoms with Crippen molar-refractivity contribution >= 4 is 0 Å². The summed E-state index contributed by atoms with van der Waals surface area (Å²) in [6.45, 7) is 10.0. The summed E-state index contributed by atoms with van der Waals surface area (Å²) in [5, 5.41) is 0. The van der Waals surface area contributed by atoms with Gasteiger partial charge in [0.2, 0.25) is 0 Å². The maximum absolute atomic E-state index is 5.10. The molecule has 0 aromatic heterocycles. The highest BCUT2D eigenvalue weighted by Crippen LogP contribution is 1.93. The molecule has 0 aliphatic carbocycles. The van der Waals surface area contributed by atoms with Crippen LogP contribution in [0.15, 0.2) is 0 Å². The molecule has 2 fully saturated rings. The van der Waals surface area contributed by atoms with Crippen molar-refractivity contribution in [1.82, 2.24) is 4.90 Å². The second kappa shape index (κ2) is 9.96. The molecule has 0 N–H and O–H groups in total. The minimum Gasteiger partial charge on any atom is -0.381 e. The molecule has 2 aliphatic heterocycles. The van der Waals surface area contributed by atoms with Crippen molar-refractivity contribution in [3.05, 3.63) is 0 Å². The minimum atomic E-state index is 0.913. The molecule has 0 unspecified atom stereocenters. The van der Waals surface area contributed by atoms with Crippen molar-refractivity contribution in [3.8, 4) is 0 Å². The lowest BCUT2D eigenvalue weighted by molar-refractivity contribution is 0.0367. The lowest BCUT2D eigenvalue weighted by Crippen LogP contribution is -2.32. The van der Waals surface area contributed by atoms with Crippen molar-refractivity contribution in [2.24, 2.45) is 0 Å². The molecule has 0 radical (unpaired) electrons. The van der Waals surface area contributed by atoms with Crippen LogP contribution in [-0.4, -0.2) is 51.5 Å². The Morgan fingerprint density at radius 2 is 1.23 bits per heavy atom. The van der Waals surface area contributed by atoms with Crippen LogP contribution in [0.2, 0.25) is 0 Å². The quantitative estimate of drug-likeness (QED) is 0.574. The minimum absolute atomic E-state index is 0.913. The molecule has 0 saturated carbocycles. The van der Waals surface area contributed by atoms with Crippen LogP contribution in [0.3, 0.4) is 0 Å². The summed E-state index contributed by atoms with van der Waals surface area (Å²) in [7, 11) is 2.11. The zero-order valence-corrected chi connectivity index (χ0v) is 9.21. The van der Waals surface area contributed by atoms with Gasteiger partial charge in [0.25, 0.3) is 0 Å². The van der Waals surface area contributed by atoms with Crippen LogP contribution in [0.5, 0.6) is 0 Å². The van der Waals surface area contributed by atoms with Gasteiger partial charge in [-0.15, -0.1) is 0 Å². The van der Waals surface area contributed by atoms with Gasteiger partial charge in [-0.2, -0.15) is 0 Å². The third kappa shape index (κ3) is 8.22. The second-order valence-corrected chi connectivity index (χ2v) is 2.88. The highest BCUT2D eigenvalue weighted by Gasteiger charge is 2.02. The SMILES string of the molecule is C1COC1.CC.CN1CCOCC1. The Kier molecular flexibility index (Phi) is 9.87. The molecule has 13 heavy (non-hydrogen) atoms. The standard InChI is InChI=1S/C5H11NO.C3H6O.C2H6/c1-6-2-4-7-5-3-6;1-2-4-3-1;1-2/h2-5H2,1H3;1-3H2;1-2H3. The molecular weight excluding hydrogens is 166 g/mol. The van der Waals surface area contributed by atoms with Crippen molar-refractivity contribution in [2.45, 2.75) is 20.3 Å². The Balaban J connectivity index is 0.000000204. The van der Waals surface area contributed by atoms with Crippen LogP contribution in [0, 0.1) is 0 Å². The first-order chi connectivity index (χ1) is 6.39. The van der Waals surface area contributed by atoms with Crippen molar-refractivity contribution < 1.29 is 9.47 Å². The largest absolute Gasteiger partial charge is 0.381 e. The molecule has 0 spiro atoms. The van der Waals surface area contributed by atoms with Crippen LogP contribution in [0.4, 0.5) is 0 Å². The molecule has 2 saturated heterocycles. The average Bonchev–Trinajstić information content (AvgIpc) is 2.06. The van der Waals surface area contributed by atoms with E-state index in [-0.39, 0.29) is 0 Å². The van der Waals surface area contributed by atoms with Gasteiger partial charge >= 0.3 is 0 Å². The summed E-state index contributed by atoms with van der Waals surface area (Å²) in [6, 6.07) is 0. The zero-order chi connectivity index (χ0) is 9.94. The third-order valence-corrected chi connectivity index (χ3v) is 1.81. The molecule has 0 amide bonds. The van der Waals surface area contributed by atoms with Gasteiger partial charge in [0, 0.05) is 26.3 Å². The van der Waals surface area contributed by atoms with Gasteiger partial charge in [-0.1, -0.05) is 13.8 Å². The van der Waals surface area contributed by atoms with Gasteiger partial charge < -0.3 is 14.4 Å². The van der Waals surface area contributed by atoms with Crippen LogP contribution in [0.1, 0.15) is 20.3 Å². The Labute approximate surface area is 82.0 Å². The summed E-state index contributed by atoms with van der Waals surface area (Å²) in [4.78, 5) is 2.27. The molecule has 3 heteroatoms. The molecule has 3 nitrogen and oxygen atoms in total. The summed E-state index contributed by atoms with van der Waals surface area (Å²) < 4.78 is 9.82. The Hall–Kier alpha value is -0.120. The molecular formula is C10H23NO2. The Morgan fingerprint density at radius 3 is 1.38 bits per heavy atom. The molecule has 80 valence electrons. The number of rotatable bonds is 0. The van der Waals surface area contributed by atoms with Gasteiger partial charge in [0.15, 0.2) is 0 Å². The molecule has 0 bridgehead atoms. The summed E-state index contributed by atoms with van der Waals surface area (Å²) >= 11 is 0. The number of likely N-dealkylation sites (N-methyl/N-ethyl adjacent to an activating group) is 1. The van der Waals surface area contributed by atoms with E-state index >= 15 is 0 Å². The van der Waals surface area contributed by atoms with Gasteiger partial charge in [-0.25, -0.2) is 0 Å². The molecule has 2 aliphatic rings. The predicted molar refractivity (Wildman–Crippen MR) is 55.1 cm³/mol. The van der Waals surface area contributed by atoms with E-state index in [4.69, 9.17) is 9.47 Å². The molecule has 2 heterocycles. The molecule has 0 atom stereocenters. The van der Waals surface area contributed by atoms with Crippen LogP contribution in [-0.2, 0) is 9.47 Å². The first kappa shape index (κ1) is 12.9. The fourth-order valence-electron chi connectivity index (χ4n) is 0.799. The first-order valence-electron chi connectivity index (χ1n) is 5.23. The average molecular weight is 189 g/mol. The summed E-state index contributed by atoms with van der Waals surface area (Å²) in [6.07, 6.45) is 1.28. The van der Waals surface area contributed by atoms with Gasteiger partial charge in [0.05, 0.1) is 13.2 Å². The topological polar surface area (TPSA) is 21.7 Å². The summed E-state index contributed by atoms with van der Waals surface area (Å²) in [5.74, 6) is 0. The number of hydrogen-bond acceptors (Lipinski definition) is 3. The highest BCUT2D eigenvalue weighted by atomic mass is 16.5. The zero-order valence-electron chi connectivity index (χ0n) is 9.21. The normalized spacial score (nSPS) is 21.5. The number of nitrogens with zero attached hydrogens (tertiary/aromatic N) is 1. The maximum atomic E-state index is 5.10. The van der Waals surface area contributed by atoms with E-state index in [1.165, 1.54) is 6.42 Å². The number of ether oxygens (including phenoxy) is 2. The monoisotopic (exact) mass is 189 g/mol. The van der Waals surface area contributed by atoms with E-state index in [1.54, 1.807) is 0 Å². The van der Waals surface area contributed by atoms with E-state index in [1.807, 2.05) is 13.8 Å². The van der Waals surface area contributed by atoms with Crippen molar-refractivity contribution in [2.75, 3.05) is 46.6 Å². The number of morpholine rings is 1. The lowest BCUT2D eigenvalue weighted by Gasteiger charge is -2.21. The van der Waals surface area contributed by atoms with E-state index < -0.39 is 0 Å². The molecule has 0 aromatic carbocycles. The Bertz CT molecular complexity index is 84.9. The van der Waals surface area contributed by atoms with Crippen LogP contribution in [0.25, 0.3) is 0 Å². The van der Waals surface area contributed by atoms with Gasteiger partial charge in [-0.3, -0.25) is 0 Å². The first-order valence-corrected chi connectivity index (χ1v) is 5.23. The predicted octanol–water partition coefficient (Wildman–Crippen LogP) is 1.38. The smallest absolute Gasteiger partial charge is 0.0594 e. The summed E-state index contributed by atoms with van der Waals surface area (Å²) in [5.41, 5.74) is 0.